The van der Waals surface area contributed by atoms with Crippen LogP contribution in [-0.2, 0) is 14.5 Å². The fourth-order valence-corrected chi connectivity index (χ4v) is 4.27. The molecule has 0 saturated carbocycles. The van der Waals surface area contributed by atoms with Gasteiger partial charge in [-0.1, -0.05) is 36.4 Å². The van der Waals surface area contributed by atoms with Gasteiger partial charge >= 0.3 is 0 Å². The minimum absolute atomic E-state index is 0.0435. The van der Waals surface area contributed by atoms with Crippen LogP contribution in [0.4, 0.5) is 11.4 Å². The normalized spacial score (nSPS) is 23.5. The van der Waals surface area contributed by atoms with Gasteiger partial charge < -0.3 is 5.32 Å². The zero-order valence-electron chi connectivity index (χ0n) is 11.1. The standard InChI is InChI=1S/C16H12N2O2S/c19-14-10-21-16(18(14)11-6-2-1-3-7-11)12-8-4-5-9-13(12)17-15(16)20/h1-9H,10H2,(H,17,20)/t16-/m1/s1. The molecular formula is C16H12N2O2S. The van der Waals surface area contributed by atoms with Gasteiger partial charge in [-0.2, -0.15) is 0 Å². The van der Waals surface area contributed by atoms with Gasteiger partial charge in [-0.3, -0.25) is 14.5 Å². The van der Waals surface area contributed by atoms with Crippen molar-refractivity contribution in [2.24, 2.45) is 0 Å². The van der Waals surface area contributed by atoms with Crippen molar-refractivity contribution in [2.75, 3.05) is 16.0 Å². The van der Waals surface area contributed by atoms with Crippen LogP contribution in [0.5, 0.6) is 0 Å². The lowest BCUT2D eigenvalue weighted by molar-refractivity contribution is -0.122. The first kappa shape index (κ1) is 12.5. The smallest absolute Gasteiger partial charge is 0.266 e. The molecule has 0 bridgehead atoms. The van der Waals surface area contributed by atoms with E-state index in [1.54, 1.807) is 4.90 Å². The Morgan fingerprint density at radius 2 is 1.71 bits per heavy atom. The van der Waals surface area contributed by atoms with E-state index < -0.39 is 4.87 Å². The minimum Gasteiger partial charge on any atom is -0.323 e. The van der Waals surface area contributed by atoms with E-state index in [0.717, 1.165) is 16.9 Å². The third kappa shape index (κ3) is 1.58. The van der Waals surface area contributed by atoms with E-state index >= 15 is 0 Å². The molecule has 0 unspecified atom stereocenters. The molecule has 2 amide bonds. The highest BCUT2D eigenvalue weighted by Gasteiger charge is 2.58. The number of rotatable bonds is 1. The molecule has 104 valence electrons. The first-order valence-electron chi connectivity index (χ1n) is 6.66. The van der Waals surface area contributed by atoms with Crippen LogP contribution in [0.1, 0.15) is 5.56 Å². The molecule has 2 aromatic rings. The zero-order valence-corrected chi connectivity index (χ0v) is 11.9. The number of nitrogens with zero attached hydrogens (tertiary/aromatic N) is 1. The minimum atomic E-state index is -0.977. The van der Waals surface area contributed by atoms with Crippen molar-refractivity contribution in [1.29, 1.82) is 0 Å². The Kier molecular flexibility index (Phi) is 2.59. The number of carbonyl (C=O) groups excluding carboxylic acids is 2. The molecule has 0 aromatic heterocycles. The summed E-state index contributed by atoms with van der Waals surface area (Å²) in [6.45, 7) is 0. The molecule has 1 spiro atoms. The van der Waals surface area contributed by atoms with Gasteiger partial charge in [0.05, 0.1) is 5.75 Å². The Labute approximate surface area is 126 Å². The molecule has 0 radical (unpaired) electrons. The molecule has 1 fully saturated rings. The van der Waals surface area contributed by atoms with Gasteiger partial charge in [-0.05, 0) is 18.2 Å². The van der Waals surface area contributed by atoms with Crippen molar-refractivity contribution in [2.45, 2.75) is 4.87 Å². The fourth-order valence-electron chi connectivity index (χ4n) is 2.96. The van der Waals surface area contributed by atoms with Crippen LogP contribution < -0.4 is 10.2 Å². The van der Waals surface area contributed by atoms with Gasteiger partial charge in [0.2, 0.25) is 10.8 Å². The highest BCUT2D eigenvalue weighted by molar-refractivity contribution is 8.02. The molecule has 1 saturated heterocycles. The van der Waals surface area contributed by atoms with Crippen LogP contribution in [0, 0.1) is 0 Å². The Balaban J connectivity index is 1.94. The molecule has 2 aliphatic rings. The number of benzene rings is 2. The van der Waals surface area contributed by atoms with Gasteiger partial charge in [0.1, 0.15) is 0 Å². The predicted molar refractivity (Wildman–Crippen MR) is 83.1 cm³/mol. The molecule has 0 aliphatic carbocycles. The second-order valence-electron chi connectivity index (χ2n) is 5.00. The lowest BCUT2D eigenvalue weighted by Gasteiger charge is -2.32. The van der Waals surface area contributed by atoms with Crippen LogP contribution >= 0.6 is 11.8 Å². The molecule has 4 nitrogen and oxygen atoms in total. The molecule has 2 aliphatic heterocycles. The maximum atomic E-state index is 12.7. The Hall–Kier alpha value is -2.27. The monoisotopic (exact) mass is 296 g/mol. The fraction of sp³-hybridized carbons (Fsp3) is 0.125. The van der Waals surface area contributed by atoms with Crippen LogP contribution in [0.3, 0.4) is 0 Å². The Morgan fingerprint density at radius 1 is 1.00 bits per heavy atom. The van der Waals surface area contributed by atoms with E-state index in [1.165, 1.54) is 11.8 Å². The number of nitrogens with one attached hydrogen (secondary N) is 1. The summed E-state index contributed by atoms with van der Waals surface area (Å²) in [5.74, 6) is 0.109. The van der Waals surface area contributed by atoms with Crippen LogP contribution in [0.2, 0.25) is 0 Å². The molecule has 1 N–H and O–H groups in total. The summed E-state index contributed by atoms with van der Waals surface area (Å²) in [5.41, 5.74) is 2.39. The van der Waals surface area contributed by atoms with E-state index in [4.69, 9.17) is 0 Å². The maximum absolute atomic E-state index is 12.7. The first-order valence-corrected chi connectivity index (χ1v) is 7.65. The quantitative estimate of drug-likeness (QED) is 0.880. The van der Waals surface area contributed by atoms with Gasteiger partial charge in [0, 0.05) is 16.9 Å². The van der Waals surface area contributed by atoms with E-state index in [0.29, 0.717) is 5.75 Å². The third-order valence-electron chi connectivity index (χ3n) is 3.83. The second kappa shape index (κ2) is 4.36. The number of anilines is 2. The largest absolute Gasteiger partial charge is 0.323 e. The maximum Gasteiger partial charge on any atom is 0.266 e. The molecule has 4 rings (SSSR count). The van der Waals surface area contributed by atoms with Gasteiger partial charge in [-0.15, -0.1) is 11.8 Å². The van der Waals surface area contributed by atoms with E-state index in [-0.39, 0.29) is 11.8 Å². The lowest BCUT2D eigenvalue weighted by atomic mass is 10.0. The number of fused-ring (bicyclic) bond motifs is 2. The van der Waals surface area contributed by atoms with Crippen LogP contribution in [-0.4, -0.2) is 17.6 Å². The van der Waals surface area contributed by atoms with E-state index in [9.17, 15) is 9.59 Å². The third-order valence-corrected chi connectivity index (χ3v) is 5.23. The summed E-state index contributed by atoms with van der Waals surface area (Å²) in [6.07, 6.45) is 0. The van der Waals surface area contributed by atoms with E-state index in [1.807, 2.05) is 54.6 Å². The van der Waals surface area contributed by atoms with Gasteiger partial charge in [0.15, 0.2) is 0 Å². The van der Waals surface area contributed by atoms with Crippen molar-refractivity contribution in [3.63, 3.8) is 0 Å². The summed E-state index contributed by atoms with van der Waals surface area (Å²) in [5, 5.41) is 2.90. The number of hydrogen-bond acceptors (Lipinski definition) is 3. The average molecular weight is 296 g/mol. The molecule has 1 atom stereocenters. The average Bonchev–Trinajstić information content (AvgIpc) is 3.00. The van der Waals surface area contributed by atoms with Crippen LogP contribution in [0.15, 0.2) is 54.6 Å². The SMILES string of the molecule is O=C1CS[C@]2(C(=O)Nc3ccccc32)N1c1ccccc1. The number of thioether (sulfide) groups is 1. The topological polar surface area (TPSA) is 49.4 Å². The van der Waals surface area contributed by atoms with Crippen molar-refractivity contribution in [3.05, 3.63) is 60.2 Å². The summed E-state index contributed by atoms with van der Waals surface area (Å²) >= 11 is 1.38. The number of amides is 2. The second-order valence-corrected chi connectivity index (χ2v) is 6.17. The van der Waals surface area contributed by atoms with E-state index in [2.05, 4.69) is 5.32 Å². The molecular weight excluding hydrogens is 284 g/mol. The van der Waals surface area contributed by atoms with Crippen LogP contribution in [0.25, 0.3) is 0 Å². The Bertz CT molecular complexity index is 747. The number of hydrogen-bond donors (Lipinski definition) is 1. The first-order chi connectivity index (χ1) is 10.2. The molecule has 2 heterocycles. The van der Waals surface area contributed by atoms with Crippen molar-refractivity contribution in [3.8, 4) is 0 Å². The summed E-state index contributed by atoms with van der Waals surface area (Å²) < 4.78 is 0. The Morgan fingerprint density at radius 3 is 2.52 bits per heavy atom. The lowest BCUT2D eigenvalue weighted by Crippen LogP contribution is -2.47. The molecule has 21 heavy (non-hydrogen) atoms. The summed E-state index contributed by atoms with van der Waals surface area (Å²) in [6, 6.07) is 16.9. The zero-order chi connectivity index (χ0) is 14.4. The molecule has 5 heteroatoms. The van der Waals surface area contributed by atoms with Gasteiger partial charge in [-0.25, -0.2) is 0 Å². The number of para-hydroxylation sites is 2. The molecule has 2 aromatic carbocycles. The number of carbonyl (C=O) groups is 2. The van der Waals surface area contributed by atoms with Crippen molar-refractivity contribution < 1.29 is 9.59 Å². The van der Waals surface area contributed by atoms with Crippen molar-refractivity contribution in [1.82, 2.24) is 0 Å². The van der Waals surface area contributed by atoms with Crippen molar-refractivity contribution >= 4 is 35.0 Å². The summed E-state index contributed by atoms with van der Waals surface area (Å²) in [7, 11) is 0. The summed E-state index contributed by atoms with van der Waals surface area (Å²) in [4.78, 5) is 25.7. The highest BCUT2D eigenvalue weighted by Crippen LogP contribution is 2.53. The van der Waals surface area contributed by atoms with Gasteiger partial charge in [0.25, 0.3) is 5.91 Å². The highest BCUT2D eigenvalue weighted by atomic mass is 32.2. The predicted octanol–water partition coefficient (Wildman–Crippen LogP) is 2.57.